The van der Waals surface area contributed by atoms with E-state index in [9.17, 15) is 30.8 Å². The molecule has 1 aromatic carbocycles. The first-order valence-corrected chi connectivity index (χ1v) is 6.78. The fraction of sp³-hybridized carbons (Fsp3) is 0.300. The number of anilines is 1. The maximum Gasteiger partial charge on any atom is 0.405 e. The van der Waals surface area contributed by atoms with Gasteiger partial charge in [-0.3, -0.25) is 4.79 Å². The summed E-state index contributed by atoms with van der Waals surface area (Å²) in [5.41, 5.74) is 4.87. The number of halogens is 4. The number of hydrogen-bond donors (Lipinski definition) is 2. The largest absolute Gasteiger partial charge is 0.405 e. The van der Waals surface area contributed by atoms with Crippen LogP contribution in [0.15, 0.2) is 23.1 Å². The van der Waals surface area contributed by atoms with E-state index in [4.69, 9.17) is 5.73 Å². The molecule has 1 amide bonds. The molecule has 3 N–H and O–H groups in total. The van der Waals surface area contributed by atoms with Crippen molar-refractivity contribution in [1.82, 2.24) is 5.32 Å². The third-order valence-electron chi connectivity index (χ3n) is 2.11. The van der Waals surface area contributed by atoms with Crippen LogP contribution >= 0.6 is 0 Å². The van der Waals surface area contributed by atoms with Gasteiger partial charge in [0.15, 0.2) is 9.84 Å². The maximum absolute atomic E-state index is 12.8. The third-order valence-corrected chi connectivity index (χ3v) is 3.80. The van der Waals surface area contributed by atoms with Crippen molar-refractivity contribution >= 4 is 21.4 Å². The van der Waals surface area contributed by atoms with Crippen LogP contribution in [0, 0.1) is 5.82 Å². The lowest BCUT2D eigenvalue weighted by atomic mass is 10.3. The Labute approximate surface area is 111 Å². The number of hydrogen-bond acceptors (Lipinski definition) is 4. The van der Waals surface area contributed by atoms with E-state index in [2.05, 4.69) is 0 Å². The highest BCUT2D eigenvalue weighted by atomic mass is 32.2. The van der Waals surface area contributed by atoms with Gasteiger partial charge in [-0.05, 0) is 18.2 Å². The van der Waals surface area contributed by atoms with E-state index in [-0.39, 0.29) is 0 Å². The Morgan fingerprint density at radius 3 is 2.40 bits per heavy atom. The Hall–Kier alpha value is -1.84. The second-order valence-electron chi connectivity index (χ2n) is 3.83. The average Bonchev–Trinajstić information content (AvgIpc) is 2.24. The van der Waals surface area contributed by atoms with Gasteiger partial charge in [-0.1, -0.05) is 0 Å². The fourth-order valence-corrected chi connectivity index (χ4v) is 2.60. The molecule has 0 atom stereocenters. The number of carbonyl (C=O) groups excluding carboxylic acids is 1. The van der Waals surface area contributed by atoms with Crippen molar-refractivity contribution in [2.75, 3.05) is 18.0 Å². The van der Waals surface area contributed by atoms with E-state index < -0.39 is 50.6 Å². The van der Waals surface area contributed by atoms with Crippen LogP contribution in [-0.4, -0.2) is 32.8 Å². The highest BCUT2D eigenvalue weighted by molar-refractivity contribution is 7.92. The Kier molecular flexibility index (Phi) is 4.58. The molecule has 0 fully saturated rings. The van der Waals surface area contributed by atoms with E-state index in [0.29, 0.717) is 0 Å². The van der Waals surface area contributed by atoms with Gasteiger partial charge in [0.05, 0.1) is 10.6 Å². The molecule has 0 radical (unpaired) electrons. The number of nitrogen functional groups attached to an aromatic ring is 1. The van der Waals surface area contributed by atoms with E-state index in [0.717, 1.165) is 18.2 Å². The predicted molar refractivity (Wildman–Crippen MR) is 61.9 cm³/mol. The molecule has 112 valence electrons. The zero-order valence-electron chi connectivity index (χ0n) is 9.87. The number of nitrogens with two attached hydrogens (primary N) is 1. The van der Waals surface area contributed by atoms with Crippen LogP contribution < -0.4 is 11.1 Å². The second kappa shape index (κ2) is 5.65. The maximum atomic E-state index is 12.8. The molecule has 0 heterocycles. The smallest absolute Gasteiger partial charge is 0.398 e. The first-order valence-electron chi connectivity index (χ1n) is 5.12. The highest BCUT2D eigenvalue weighted by Gasteiger charge is 2.29. The zero-order chi connectivity index (χ0) is 15.6. The lowest BCUT2D eigenvalue weighted by Crippen LogP contribution is -2.37. The summed E-state index contributed by atoms with van der Waals surface area (Å²) in [7, 11) is -4.25. The molecule has 0 bridgehead atoms. The number of amides is 1. The fourth-order valence-electron chi connectivity index (χ4n) is 1.30. The number of benzene rings is 1. The third kappa shape index (κ3) is 4.68. The molecule has 0 aliphatic heterocycles. The van der Waals surface area contributed by atoms with E-state index in [1.54, 1.807) is 0 Å². The first kappa shape index (κ1) is 16.2. The molecule has 0 unspecified atom stereocenters. The van der Waals surface area contributed by atoms with Crippen LogP contribution in [0.3, 0.4) is 0 Å². The Bertz CT molecular complexity index is 613. The number of rotatable bonds is 4. The molecule has 1 aromatic rings. The Balaban J connectivity index is 2.82. The van der Waals surface area contributed by atoms with Gasteiger partial charge in [-0.2, -0.15) is 13.2 Å². The standard InChI is InChI=1S/C10H10F4N2O3S/c11-6-1-2-8(7(15)3-6)20(18,19)4-9(17)16-5-10(12,13)14/h1-3H,4-5,15H2,(H,16,17). The second-order valence-corrected chi connectivity index (χ2v) is 5.79. The van der Waals surface area contributed by atoms with Crippen molar-refractivity contribution in [2.45, 2.75) is 11.1 Å². The zero-order valence-corrected chi connectivity index (χ0v) is 10.7. The molecular formula is C10H10F4N2O3S. The molecule has 0 aliphatic rings. The van der Waals surface area contributed by atoms with Gasteiger partial charge in [0, 0.05) is 0 Å². The minimum Gasteiger partial charge on any atom is -0.398 e. The molecule has 1 rings (SSSR count). The number of alkyl halides is 3. The summed E-state index contributed by atoms with van der Waals surface area (Å²) < 4.78 is 71.8. The highest BCUT2D eigenvalue weighted by Crippen LogP contribution is 2.20. The van der Waals surface area contributed by atoms with Crippen molar-refractivity contribution in [3.63, 3.8) is 0 Å². The van der Waals surface area contributed by atoms with Crippen LogP contribution in [0.4, 0.5) is 23.2 Å². The van der Waals surface area contributed by atoms with Gasteiger partial charge in [0.25, 0.3) is 0 Å². The minimum atomic E-state index is -4.64. The lowest BCUT2D eigenvalue weighted by molar-refractivity contribution is -0.137. The van der Waals surface area contributed by atoms with Crippen molar-refractivity contribution in [3.8, 4) is 0 Å². The minimum absolute atomic E-state index is 0.423. The van der Waals surface area contributed by atoms with Crippen LogP contribution in [0.1, 0.15) is 0 Å². The van der Waals surface area contributed by atoms with Crippen LogP contribution in [0.2, 0.25) is 0 Å². The van der Waals surface area contributed by atoms with E-state index >= 15 is 0 Å². The van der Waals surface area contributed by atoms with Gasteiger partial charge < -0.3 is 11.1 Å². The van der Waals surface area contributed by atoms with Crippen molar-refractivity contribution in [3.05, 3.63) is 24.0 Å². The summed E-state index contributed by atoms with van der Waals surface area (Å²) >= 11 is 0. The topological polar surface area (TPSA) is 89.3 Å². The Morgan fingerprint density at radius 1 is 1.30 bits per heavy atom. The van der Waals surface area contributed by atoms with E-state index in [1.807, 2.05) is 0 Å². The van der Waals surface area contributed by atoms with Gasteiger partial charge >= 0.3 is 6.18 Å². The molecule has 20 heavy (non-hydrogen) atoms. The molecular weight excluding hydrogens is 304 g/mol. The summed E-state index contributed by atoms with van der Waals surface area (Å²) in [4.78, 5) is 10.6. The summed E-state index contributed by atoms with van der Waals surface area (Å²) in [6.07, 6.45) is -4.64. The van der Waals surface area contributed by atoms with Crippen LogP contribution in [0.5, 0.6) is 0 Å². The summed E-state index contributed by atoms with van der Waals surface area (Å²) in [5.74, 6) is -3.31. The molecule has 0 saturated heterocycles. The van der Waals surface area contributed by atoms with Crippen molar-refractivity contribution < 1.29 is 30.8 Å². The van der Waals surface area contributed by atoms with Gasteiger partial charge in [-0.25, -0.2) is 12.8 Å². The summed E-state index contributed by atoms with van der Waals surface area (Å²) in [6.45, 7) is -1.64. The normalized spacial score (nSPS) is 12.2. The summed E-state index contributed by atoms with van der Waals surface area (Å²) in [5, 5.41) is 1.42. The Morgan fingerprint density at radius 2 is 1.90 bits per heavy atom. The monoisotopic (exact) mass is 314 g/mol. The summed E-state index contributed by atoms with van der Waals surface area (Å²) in [6, 6.07) is 2.40. The van der Waals surface area contributed by atoms with Crippen LogP contribution in [0.25, 0.3) is 0 Å². The molecule has 0 saturated carbocycles. The number of sulfone groups is 1. The quantitative estimate of drug-likeness (QED) is 0.490. The number of carbonyl (C=O) groups is 1. The average molecular weight is 314 g/mol. The van der Waals surface area contributed by atoms with Crippen molar-refractivity contribution in [1.29, 1.82) is 0 Å². The first-order chi connectivity index (χ1) is 9.01. The molecule has 0 aliphatic carbocycles. The van der Waals surface area contributed by atoms with Crippen LogP contribution in [-0.2, 0) is 14.6 Å². The van der Waals surface area contributed by atoms with Gasteiger partial charge in [0.1, 0.15) is 18.1 Å². The molecule has 10 heteroatoms. The predicted octanol–water partition coefficient (Wildman–Crippen LogP) is 0.860. The SMILES string of the molecule is Nc1cc(F)ccc1S(=O)(=O)CC(=O)NCC(F)(F)F. The molecule has 0 aromatic heterocycles. The van der Waals surface area contributed by atoms with Crippen molar-refractivity contribution in [2.24, 2.45) is 0 Å². The van der Waals surface area contributed by atoms with Gasteiger partial charge in [-0.15, -0.1) is 0 Å². The lowest BCUT2D eigenvalue weighted by Gasteiger charge is -2.10. The number of nitrogens with one attached hydrogen (secondary N) is 1. The molecule has 0 spiro atoms. The molecule has 5 nitrogen and oxygen atoms in total. The van der Waals surface area contributed by atoms with Gasteiger partial charge in [0.2, 0.25) is 5.91 Å². The van der Waals surface area contributed by atoms with E-state index in [1.165, 1.54) is 5.32 Å².